The van der Waals surface area contributed by atoms with E-state index >= 15 is 0 Å². The van der Waals surface area contributed by atoms with Crippen LogP contribution in [0.4, 0.5) is 5.69 Å². The first-order valence-corrected chi connectivity index (χ1v) is 11.4. The van der Waals surface area contributed by atoms with Crippen LogP contribution in [0, 0.1) is 0 Å². The standard InChI is InChI=1S/C30H25NO3/c1-2-33-29-17-15-24(30(32)31-28-13-7-11-22-9-5-6-12-27(22)28)18-25(29)20-34-26-16-14-21-8-3-4-10-23(21)19-26/h3-19H,2,20H2,1H3,(H,31,32). The summed E-state index contributed by atoms with van der Waals surface area (Å²) in [5, 5.41) is 7.42. The Kier molecular flexibility index (Phi) is 6.13. The fraction of sp³-hybridized carbons (Fsp3) is 0.100. The number of carbonyl (C=O) groups excluding carboxylic acids is 1. The van der Waals surface area contributed by atoms with E-state index in [2.05, 4.69) is 17.4 Å². The summed E-state index contributed by atoms with van der Waals surface area (Å²) < 4.78 is 11.9. The Hall–Kier alpha value is -4.31. The molecule has 34 heavy (non-hydrogen) atoms. The fourth-order valence-electron chi connectivity index (χ4n) is 4.08. The number of fused-ring (bicyclic) bond motifs is 2. The quantitative estimate of drug-likeness (QED) is 0.286. The molecule has 0 saturated carbocycles. The highest BCUT2D eigenvalue weighted by Crippen LogP contribution is 2.27. The Labute approximate surface area is 198 Å². The molecule has 1 amide bonds. The van der Waals surface area contributed by atoms with Gasteiger partial charge in [-0.2, -0.15) is 0 Å². The topological polar surface area (TPSA) is 47.6 Å². The number of nitrogens with one attached hydrogen (secondary N) is 1. The lowest BCUT2D eigenvalue weighted by Crippen LogP contribution is -2.13. The van der Waals surface area contributed by atoms with Crippen molar-refractivity contribution in [3.05, 3.63) is 114 Å². The zero-order valence-corrected chi connectivity index (χ0v) is 19.0. The van der Waals surface area contributed by atoms with E-state index in [0.717, 1.165) is 38.5 Å². The lowest BCUT2D eigenvalue weighted by Gasteiger charge is -2.14. The van der Waals surface area contributed by atoms with Crippen LogP contribution in [-0.2, 0) is 6.61 Å². The Morgan fingerprint density at radius 2 is 1.50 bits per heavy atom. The fourth-order valence-corrected chi connectivity index (χ4v) is 4.08. The van der Waals surface area contributed by atoms with Crippen LogP contribution >= 0.6 is 0 Å². The maximum Gasteiger partial charge on any atom is 0.255 e. The second kappa shape index (κ2) is 9.67. The molecule has 0 fully saturated rings. The van der Waals surface area contributed by atoms with Gasteiger partial charge in [-0.25, -0.2) is 0 Å². The number of ether oxygens (including phenoxy) is 2. The van der Waals surface area contributed by atoms with Gasteiger partial charge in [0.05, 0.1) is 6.61 Å². The first-order valence-electron chi connectivity index (χ1n) is 11.4. The molecule has 0 atom stereocenters. The van der Waals surface area contributed by atoms with Crippen molar-refractivity contribution in [1.29, 1.82) is 0 Å². The molecule has 5 rings (SSSR count). The smallest absolute Gasteiger partial charge is 0.255 e. The van der Waals surface area contributed by atoms with Crippen molar-refractivity contribution in [1.82, 2.24) is 0 Å². The highest BCUT2D eigenvalue weighted by molar-refractivity contribution is 6.09. The van der Waals surface area contributed by atoms with Gasteiger partial charge in [-0.15, -0.1) is 0 Å². The van der Waals surface area contributed by atoms with Crippen molar-refractivity contribution in [2.24, 2.45) is 0 Å². The molecule has 0 aliphatic rings. The van der Waals surface area contributed by atoms with Gasteiger partial charge in [0, 0.05) is 22.2 Å². The highest BCUT2D eigenvalue weighted by Gasteiger charge is 2.13. The molecule has 0 heterocycles. The molecule has 0 aliphatic carbocycles. The number of hydrogen-bond acceptors (Lipinski definition) is 3. The minimum Gasteiger partial charge on any atom is -0.493 e. The number of anilines is 1. The normalized spacial score (nSPS) is 10.9. The molecule has 0 aliphatic heterocycles. The number of hydrogen-bond donors (Lipinski definition) is 1. The largest absolute Gasteiger partial charge is 0.493 e. The lowest BCUT2D eigenvalue weighted by molar-refractivity contribution is 0.102. The summed E-state index contributed by atoms with van der Waals surface area (Å²) in [7, 11) is 0. The molecular weight excluding hydrogens is 422 g/mol. The van der Waals surface area contributed by atoms with Gasteiger partial charge in [-0.05, 0) is 59.5 Å². The van der Waals surface area contributed by atoms with Crippen LogP contribution in [0.3, 0.4) is 0 Å². The molecule has 5 aromatic rings. The molecule has 4 heteroatoms. The molecule has 0 radical (unpaired) electrons. The third-order valence-electron chi connectivity index (χ3n) is 5.78. The first-order chi connectivity index (χ1) is 16.7. The zero-order chi connectivity index (χ0) is 23.3. The summed E-state index contributed by atoms with van der Waals surface area (Å²) in [6.45, 7) is 2.77. The van der Waals surface area contributed by atoms with E-state index in [0.29, 0.717) is 24.5 Å². The summed E-state index contributed by atoms with van der Waals surface area (Å²) in [4.78, 5) is 13.1. The second-order valence-electron chi connectivity index (χ2n) is 8.03. The Balaban J connectivity index is 1.38. The van der Waals surface area contributed by atoms with Gasteiger partial charge in [0.2, 0.25) is 0 Å². The van der Waals surface area contributed by atoms with Crippen molar-refractivity contribution in [2.75, 3.05) is 11.9 Å². The summed E-state index contributed by atoms with van der Waals surface area (Å²) in [6, 6.07) is 33.5. The number of rotatable bonds is 7. The second-order valence-corrected chi connectivity index (χ2v) is 8.03. The van der Waals surface area contributed by atoms with Crippen LogP contribution in [-0.4, -0.2) is 12.5 Å². The Morgan fingerprint density at radius 3 is 2.35 bits per heavy atom. The van der Waals surface area contributed by atoms with Crippen LogP contribution in [0.5, 0.6) is 11.5 Å². The monoisotopic (exact) mass is 447 g/mol. The molecule has 5 aromatic carbocycles. The molecular formula is C30H25NO3. The van der Waals surface area contributed by atoms with E-state index in [1.165, 1.54) is 0 Å². The van der Waals surface area contributed by atoms with Crippen LogP contribution in [0.15, 0.2) is 103 Å². The number of amides is 1. The molecule has 0 saturated heterocycles. The Morgan fingerprint density at radius 1 is 0.735 bits per heavy atom. The third kappa shape index (κ3) is 4.57. The predicted molar refractivity (Wildman–Crippen MR) is 138 cm³/mol. The summed E-state index contributed by atoms with van der Waals surface area (Å²) in [6.07, 6.45) is 0. The minimum atomic E-state index is -0.175. The van der Waals surface area contributed by atoms with Crippen LogP contribution in [0.2, 0.25) is 0 Å². The Bertz CT molecular complexity index is 1470. The maximum absolute atomic E-state index is 13.1. The third-order valence-corrected chi connectivity index (χ3v) is 5.78. The predicted octanol–water partition coefficient (Wildman–Crippen LogP) is 7.22. The molecule has 168 valence electrons. The van der Waals surface area contributed by atoms with E-state index in [1.54, 1.807) is 6.07 Å². The summed E-state index contributed by atoms with van der Waals surface area (Å²) >= 11 is 0. The van der Waals surface area contributed by atoms with Crippen molar-refractivity contribution in [2.45, 2.75) is 13.5 Å². The van der Waals surface area contributed by atoms with Crippen LogP contribution in [0.1, 0.15) is 22.8 Å². The van der Waals surface area contributed by atoms with Gasteiger partial charge in [0.1, 0.15) is 18.1 Å². The maximum atomic E-state index is 13.1. The van der Waals surface area contributed by atoms with Gasteiger partial charge in [0.25, 0.3) is 5.91 Å². The number of carbonyl (C=O) groups is 1. The van der Waals surface area contributed by atoms with Crippen molar-refractivity contribution < 1.29 is 14.3 Å². The molecule has 0 unspecified atom stereocenters. The highest BCUT2D eigenvalue weighted by atomic mass is 16.5. The first kappa shape index (κ1) is 21.5. The lowest BCUT2D eigenvalue weighted by atomic mass is 10.1. The van der Waals surface area contributed by atoms with E-state index in [9.17, 15) is 4.79 Å². The zero-order valence-electron chi connectivity index (χ0n) is 19.0. The summed E-state index contributed by atoms with van der Waals surface area (Å²) in [5.41, 5.74) is 2.15. The van der Waals surface area contributed by atoms with Crippen LogP contribution in [0.25, 0.3) is 21.5 Å². The van der Waals surface area contributed by atoms with E-state index in [-0.39, 0.29) is 5.91 Å². The number of benzene rings is 5. The SMILES string of the molecule is CCOc1ccc(C(=O)Nc2cccc3ccccc23)cc1COc1ccc2ccccc2c1. The average molecular weight is 448 g/mol. The van der Waals surface area contributed by atoms with Gasteiger partial charge < -0.3 is 14.8 Å². The van der Waals surface area contributed by atoms with E-state index in [1.807, 2.05) is 91.9 Å². The van der Waals surface area contributed by atoms with Crippen molar-refractivity contribution in [3.63, 3.8) is 0 Å². The van der Waals surface area contributed by atoms with Crippen molar-refractivity contribution >= 4 is 33.1 Å². The summed E-state index contributed by atoms with van der Waals surface area (Å²) in [5.74, 6) is 1.31. The van der Waals surface area contributed by atoms with Gasteiger partial charge in [-0.1, -0.05) is 66.7 Å². The van der Waals surface area contributed by atoms with Gasteiger partial charge in [0.15, 0.2) is 0 Å². The molecule has 4 nitrogen and oxygen atoms in total. The van der Waals surface area contributed by atoms with Crippen LogP contribution < -0.4 is 14.8 Å². The average Bonchev–Trinajstić information content (AvgIpc) is 2.88. The van der Waals surface area contributed by atoms with Crippen molar-refractivity contribution in [3.8, 4) is 11.5 Å². The van der Waals surface area contributed by atoms with E-state index < -0.39 is 0 Å². The molecule has 0 spiro atoms. The van der Waals surface area contributed by atoms with Gasteiger partial charge >= 0.3 is 0 Å². The van der Waals surface area contributed by atoms with E-state index in [4.69, 9.17) is 9.47 Å². The van der Waals surface area contributed by atoms with Gasteiger partial charge in [-0.3, -0.25) is 4.79 Å². The minimum absolute atomic E-state index is 0.175. The molecule has 0 aromatic heterocycles. The molecule has 1 N–H and O–H groups in total. The molecule has 0 bridgehead atoms.